The number of nitrogens with zero attached hydrogens (tertiary/aromatic N) is 3. The smallest absolute Gasteiger partial charge is 0.343 e. The second-order valence-electron chi connectivity index (χ2n) is 11.9. The van der Waals surface area contributed by atoms with E-state index in [0.717, 1.165) is 17.7 Å². The quantitative estimate of drug-likeness (QED) is 0.0780. The maximum atomic E-state index is 12.7. The molecule has 4 N–H and O–H groups in total. The molecule has 2 aromatic carbocycles. The summed E-state index contributed by atoms with van der Waals surface area (Å²) in [6.45, 7) is 2.71. The van der Waals surface area contributed by atoms with Crippen molar-refractivity contribution in [1.82, 2.24) is 15.0 Å². The van der Waals surface area contributed by atoms with Crippen LogP contribution in [0.2, 0.25) is 0 Å². The number of benzene rings is 2. The number of esters is 1. The lowest BCUT2D eigenvalue weighted by molar-refractivity contribution is -0.301. The van der Waals surface area contributed by atoms with Gasteiger partial charge in [-0.15, -0.1) is 5.10 Å². The van der Waals surface area contributed by atoms with Crippen LogP contribution in [0.3, 0.4) is 0 Å². The average Bonchev–Trinajstić information content (AvgIpc) is 3.56. The molecular formula is C35H49N3O9. The van der Waals surface area contributed by atoms with E-state index in [1.807, 2.05) is 0 Å². The normalized spacial score (nSPS) is 21.1. The maximum absolute atomic E-state index is 12.7. The van der Waals surface area contributed by atoms with Gasteiger partial charge in [0.25, 0.3) is 0 Å². The van der Waals surface area contributed by atoms with Crippen molar-refractivity contribution in [2.75, 3.05) is 19.8 Å². The van der Waals surface area contributed by atoms with Gasteiger partial charge in [-0.3, -0.25) is 0 Å². The molecule has 47 heavy (non-hydrogen) atoms. The van der Waals surface area contributed by atoms with Crippen LogP contribution in [0.4, 0.5) is 0 Å². The number of aliphatic hydroxyl groups excluding tert-OH is 4. The lowest BCUT2D eigenvalue weighted by atomic mass is 9.99. The lowest BCUT2D eigenvalue weighted by Crippen LogP contribution is -2.59. The summed E-state index contributed by atoms with van der Waals surface area (Å²) in [6, 6.07) is 13.9. The van der Waals surface area contributed by atoms with E-state index < -0.39 is 43.3 Å². The summed E-state index contributed by atoms with van der Waals surface area (Å²) < 4.78 is 23.8. The van der Waals surface area contributed by atoms with Crippen LogP contribution >= 0.6 is 0 Å². The molecule has 1 aromatic heterocycles. The number of unbranched alkanes of at least 4 members (excludes halogenated alkanes) is 9. The van der Waals surface area contributed by atoms with E-state index in [0.29, 0.717) is 23.6 Å². The highest BCUT2D eigenvalue weighted by Gasteiger charge is 2.43. The first-order valence-corrected chi connectivity index (χ1v) is 16.8. The molecule has 258 valence electrons. The van der Waals surface area contributed by atoms with Crippen LogP contribution in [0.15, 0.2) is 54.7 Å². The fourth-order valence-corrected chi connectivity index (χ4v) is 5.33. The zero-order chi connectivity index (χ0) is 33.4. The second kappa shape index (κ2) is 19.4. The highest BCUT2D eigenvalue weighted by molar-refractivity contribution is 5.91. The van der Waals surface area contributed by atoms with E-state index in [1.165, 1.54) is 62.5 Å². The Kier molecular flexibility index (Phi) is 15.1. The van der Waals surface area contributed by atoms with Crippen molar-refractivity contribution < 1.29 is 44.2 Å². The molecular weight excluding hydrogens is 606 g/mol. The lowest BCUT2D eigenvalue weighted by Gasteiger charge is -2.39. The Bertz CT molecular complexity index is 1320. The first-order chi connectivity index (χ1) is 22.9. The minimum atomic E-state index is -1.50. The Morgan fingerprint density at radius 2 is 1.45 bits per heavy atom. The third-order valence-corrected chi connectivity index (χ3v) is 8.21. The summed E-state index contributed by atoms with van der Waals surface area (Å²) in [7, 11) is 0. The Balaban J connectivity index is 1.14. The van der Waals surface area contributed by atoms with Gasteiger partial charge in [0.2, 0.25) is 0 Å². The summed E-state index contributed by atoms with van der Waals surface area (Å²) in [5.41, 5.74) is 1.77. The number of hydrogen-bond acceptors (Lipinski definition) is 11. The van der Waals surface area contributed by atoms with E-state index >= 15 is 0 Å². The fraction of sp³-hybridized carbons (Fsp3) is 0.571. The number of carbonyl (C=O) groups excluding carboxylic acids is 1. The average molecular weight is 656 g/mol. The molecule has 0 aliphatic carbocycles. The third-order valence-electron chi connectivity index (χ3n) is 8.21. The molecule has 3 aromatic rings. The van der Waals surface area contributed by atoms with Crippen LogP contribution in [0.5, 0.6) is 11.5 Å². The molecule has 0 radical (unpaired) electrons. The summed E-state index contributed by atoms with van der Waals surface area (Å²) in [5, 5.41) is 47.4. The van der Waals surface area contributed by atoms with E-state index in [1.54, 1.807) is 54.7 Å². The zero-order valence-corrected chi connectivity index (χ0v) is 27.2. The first-order valence-electron chi connectivity index (χ1n) is 16.8. The predicted octanol–water partition coefficient (Wildman–Crippen LogP) is 4.28. The van der Waals surface area contributed by atoms with Crippen molar-refractivity contribution in [3.05, 3.63) is 60.3 Å². The van der Waals surface area contributed by atoms with Gasteiger partial charge in [-0.05, 0) is 55.0 Å². The Labute approximate surface area is 276 Å². The van der Waals surface area contributed by atoms with Crippen molar-refractivity contribution in [2.45, 2.75) is 108 Å². The van der Waals surface area contributed by atoms with Crippen LogP contribution in [0.1, 0.15) is 81.5 Å². The largest absolute Gasteiger partial charge is 0.494 e. The van der Waals surface area contributed by atoms with Crippen molar-refractivity contribution in [1.29, 1.82) is 0 Å². The summed E-state index contributed by atoms with van der Waals surface area (Å²) in [6.07, 6.45) is 7.80. The summed E-state index contributed by atoms with van der Waals surface area (Å²) in [4.78, 5) is 12.7. The molecule has 0 saturated carbocycles. The number of aliphatic hydroxyl groups is 4. The Morgan fingerprint density at radius 3 is 2.11 bits per heavy atom. The van der Waals surface area contributed by atoms with Crippen molar-refractivity contribution >= 4 is 5.97 Å². The SMILES string of the molecule is CCCCCCCCCCCCOc1ccc(C(=O)Oc2ccc(-c3cn(CCO[C@@H]4O[C@H](CO)[C@H](O)[C@H](O)[C@H]4O)nn3)cc2)cc1. The number of ether oxygens (including phenoxy) is 4. The number of hydrogen-bond donors (Lipinski definition) is 4. The molecule has 0 bridgehead atoms. The summed E-state index contributed by atoms with van der Waals surface area (Å²) in [5.74, 6) is 0.653. The molecule has 1 aliphatic heterocycles. The Morgan fingerprint density at radius 1 is 0.809 bits per heavy atom. The van der Waals surface area contributed by atoms with E-state index in [9.17, 15) is 25.2 Å². The van der Waals surface area contributed by atoms with Crippen molar-refractivity contribution in [3.63, 3.8) is 0 Å². The molecule has 1 aliphatic rings. The minimum Gasteiger partial charge on any atom is -0.494 e. The summed E-state index contributed by atoms with van der Waals surface area (Å²) >= 11 is 0. The second-order valence-corrected chi connectivity index (χ2v) is 11.9. The highest BCUT2D eigenvalue weighted by Crippen LogP contribution is 2.24. The monoisotopic (exact) mass is 655 g/mol. The van der Waals surface area contributed by atoms with E-state index in [4.69, 9.17) is 18.9 Å². The number of aromatic nitrogens is 3. The predicted molar refractivity (Wildman–Crippen MR) is 174 cm³/mol. The van der Waals surface area contributed by atoms with Crippen LogP contribution in [-0.4, -0.2) is 91.9 Å². The molecule has 0 amide bonds. The maximum Gasteiger partial charge on any atom is 0.343 e. The van der Waals surface area contributed by atoms with Crippen LogP contribution in [-0.2, 0) is 16.0 Å². The molecule has 0 spiro atoms. The van der Waals surface area contributed by atoms with Gasteiger partial charge >= 0.3 is 5.97 Å². The zero-order valence-electron chi connectivity index (χ0n) is 27.2. The Hall–Kier alpha value is -3.39. The topological polar surface area (TPSA) is 166 Å². The van der Waals surface area contributed by atoms with Gasteiger partial charge in [0.15, 0.2) is 6.29 Å². The van der Waals surface area contributed by atoms with Gasteiger partial charge in [0.1, 0.15) is 41.6 Å². The third kappa shape index (κ3) is 11.4. The molecule has 1 fully saturated rings. The molecule has 4 rings (SSSR count). The molecule has 12 nitrogen and oxygen atoms in total. The first kappa shape index (κ1) is 36.4. The number of rotatable bonds is 20. The van der Waals surface area contributed by atoms with Crippen molar-refractivity contribution in [2.24, 2.45) is 0 Å². The van der Waals surface area contributed by atoms with Gasteiger partial charge in [0.05, 0.1) is 38.1 Å². The fourth-order valence-electron chi connectivity index (χ4n) is 5.33. The number of carbonyl (C=O) groups is 1. The van der Waals surface area contributed by atoms with Gasteiger partial charge in [-0.1, -0.05) is 69.9 Å². The van der Waals surface area contributed by atoms with Crippen molar-refractivity contribution in [3.8, 4) is 22.8 Å². The molecule has 5 atom stereocenters. The van der Waals surface area contributed by atoms with Crippen LogP contribution in [0, 0.1) is 0 Å². The minimum absolute atomic E-state index is 0.0623. The van der Waals surface area contributed by atoms with E-state index in [-0.39, 0.29) is 13.2 Å². The van der Waals surface area contributed by atoms with Gasteiger partial charge in [-0.25, -0.2) is 9.48 Å². The van der Waals surface area contributed by atoms with Gasteiger partial charge < -0.3 is 39.4 Å². The van der Waals surface area contributed by atoms with Gasteiger partial charge in [-0.2, -0.15) is 0 Å². The van der Waals surface area contributed by atoms with Crippen LogP contribution < -0.4 is 9.47 Å². The van der Waals surface area contributed by atoms with E-state index in [2.05, 4.69) is 17.2 Å². The van der Waals surface area contributed by atoms with Gasteiger partial charge in [0, 0.05) is 5.56 Å². The molecule has 0 unspecified atom stereocenters. The van der Waals surface area contributed by atoms with Crippen LogP contribution in [0.25, 0.3) is 11.3 Å². The molecule has 1 saturated heterocycles. The standard InChI is InChI=1S/C35H49N3O9/c1-2-3-4-5-6-7-8-9-10-11-21-44-27-16-14-26(15-17-27)34(43)46-28-18-12-25(13-19-28)29-23-38(37-36-29)20-22-45-35-33(42)32(41)31(40)30(24-39)47-35/h12-19,23,30-33,35,39-42H,2-11,20-22,24H2,1H3/t30-,31+,32+,33-,35-/m1/s1. The highest BCUT2D eigenvalue weighted by atomic mass is 16.7. The molecule has 2 heterocycles. The molecule has 12 heteroatoms.